The molecule has 1 aromatic heterocycles. The first kappa shape index (κ1) is 14.2. The predicted octanol–water partition coefficient (Wildman–Crippen LogP) is 3.85. The predicted molar refractivity (Wildman–Crippen MR) is 78.6 cm³/mol. The van der Waals surface area contributed by atoms with E-state index in [-0.39, 0.29) is 6.04 Å². The van der Waals surface area contributed by atoms with Gasteiger partial charge in [0.15, 0.2) is 0 Å². The van der Waals surface area contributed by atoms with Crippen molar-refractivity contribution in [2.24, 2.45) is 11.7 Å². The van der Waals surface area contributed by atoms with Crippen LogP contribution in [0.3, 0.4) is 0 Å². The number of hydrogen-bond acceptors (Lipinski definition) is 4. The quantitative estimate of drug-likeness (QED) is 0.927. The van der Waals surface area contributed by atoms with Crippen LogP contribution < -0.4 is 5.73 Å². The number of aryl methyl sites for hydroxylation is 1. The third kappa shape index (κ3) is 3.04. The van der Waals surface area contributed by atoms with Crippen LogP contribution in [0.1, 0.15) is 37.8 Å². The summed E-state index contributed by atoms with van der Waals surface area (Å²) in [5.41, 5.74) is 8.18. The molecule has 102 valence electrons. The van der Waals surface area contributed by atoms with Gasteiger partial charge in [-0.05, 0) is 24.5 Å². The highest BCUT2D eigenvalue weighted by Gasteiger charge is 2.20. The van der Waals surface area contributed by atoms with Gasteiger partial charge in [-0.2, -0.15) is 4.98 Å². The van der Waals surface area contributed by atoms with Crippen molar-refractivity contribution in [1.29, 1.82) is 0 Å². The van der Waals surface area contributed by atoms with Crippen LogP contribution >= 0.6 is 15.9 Å². The van der Waals surface area contributed by atoms with Gasteiger partial charge in [-0.15, -0.1) is 0 Å². The fourth-order valence-corrected chi connectivity index (χ4v) is 2.10. The number of nitrogens with zero attached hydrogens (tertiary/aromatic N) is 2. The summed E-state index contributed by atoms with van der Waals surface area (Å²) in [4.78, 5) is 4.40. The maximum absolute atomic E-state index is 6.09. The number of hydrogen-bond donors (Lipinski definition) is 1. The molecular weight excluding hydrogens is 306 g/mol. The van der Waals surface area contributed by atoms with Gasteiger partial charge >= 0.3 is 0 Å². The number of aromatic nitrogens is 2. The molecule has 0 fully saturated rings. The standard InChI is InChI=1S/C14H18BrN3O/c1-4-8(2)12(16)14-17-13(18-19-14)10-6-5-9(3)11(15)7-10/h5-8,12H,4,16H2,1-3H3/t8-,12-/m0/s1. The van der Waals surface area contributed by atoms with Crippen LogP contribution in [0.15, 0.2) is 27.2 Å². The zero-order valence-electron chi connectivity index (χ0n) is 11.4. The van der Waals surface area contributed by atoms with E-state index in [1.165, 1.54) is 5.56 Å². The van der Waals surface area contributed by atoms with E-state index >= 15 is 0 Å². The molecule has 1 heterocycles. The van der Waals surface area contributed by atoms with Crippen LogP contribution in [0.25, 0.3) is 11.4 Å². The molecule has 0 aliphatic carbocycles. The Labute approximate surface area is 121 Å². The molecule has 0 amide bonds. The van der Waals surface area contributed by atoms with E-state index in [0.717, 1.165) is 16.5 Å². The Morgan fingerprint density at radius 1 is 1.42 bits per heavy atom. The topological polar surface area (TPSA) is 64.9 Å². The van der Waals surface area contributed by atoms with Crippen molar-refractivity contribution in [2.75, 3.05) is 0 Å². The third-order valence-electron chi connectivity index (χ3n) is 3.41. The van der Waals surface area contributed by atoms with Crippen LogP contribution in [0, 0.1) is 12.8 Å². The lowest BCUT2D eigenvalue weighted by Crippen LogP contribution is -2.18. The van der Waals surface area contributed by atoms with Gasteiger partial charge in [0.1, 0.15) is 0 Å². The molecule has 2 aromatic rings. The van der Waals surface area contributed by atoms with E-state index < -0.39 is 0 Å². The molecule has 0 unspecified atom stereocenters. The average molecular weight is 324 g/mol. The fourth-order valence-electron chi connectivity index (χ4n) is 1.72. The minimum absolute atomic E-state index is 0.208. The highest BCUT2D eigenvalue weighted by Crippen LogP contribution is 2.26. The van der Waals surface area contributed by atoms with Gasteiger partial charge in [-0.3, -0.25) is 0 Å². The summed E-state index contributed by atoms with van der Waals surface area (Å²) in [5.74, 6) is 1.40. The molecule has 0 radical (unpaired) electrons. The van der Waals surface area contributed by atoms with Crippen molar-refractivity contribution in [3.8, 4) is 11.4 Å². The van der Waals surface area contributed by atoms with E-state index in [0.29, 0.717) is 17.6 Å². The Bertz CT molecular complexity index is 568. The van der Waals surface area contributed by atoms with Crippen molar-refractivity contribution in [3.63, 3.8) is 0 Å². The van der Waals surface area contributed by atoms with Gasteiger partial charge in [-0.1, -0.05) is 53.5 Å². The second-order valence-corrected chi connectivity index (χ2v) is 5.69. The van der Waals surface area contributed by atoms with E-state index in [9.17, 15) is 0 Å². The summed E-state index contributed by atoms with van der Waals surface area (Å²) in [5, 5.41) is 4.01. The van der Waals surface area contributed by atoms with E-state index in [1.807, 2.05) is 25.1 Å². The molecule has 5 heteroatoms. The van der Waals surface area contributed by atoms with Crippen molar-refractivity contribution in [1.82, 2.24) is 10.1 Å². The Morgan fingerprint density at radius 3 is 2.79 bits per heavy atom. The lowest BCUT2D eigenvalue weighted by molar-refractivity contribution is 0.312. The molecular formula is C14H18BrN3O. The van der Waals surface area contributed by atoms with Crippen LogP contribution in [0.4, 0.5) is 0 Å². The second-order valence-electron chi connectivity index (χ2n) is 4.83. The van der Waals surface area contributed by atoms with E-state index in [2.05, 4.69) is 39.9 Å². The molecule has 1 aromatic carbocycles. The van der Waals surface area contributed by atoms with E-state index in [4.69, 9.17) is 10.3 Å². The molecule has 0 bridgehead atoms. The molecule has 2 atom stereocenters. The Morgan fingerprint density at radius 2 is 2.16 bits per heavy atom. The Hall–Kier alpha value is -1.20. The highest BCUT2D eigenvalue weighted by molar-refractivity contribution is 9.10. The van der Waals surface area contributed by atoms with Gasteiger partial charge < -0.3 is 10.3 Å². The summed E-state index contributed by atoms with van der Waals surface area (Å²) in [6, 6.07) is 5.77. The van der Waals surface area contributed by atoms with E-state index in [1.54, 1.807) is 0 Å². The number of halogens is 1. The fraction of sp³-hybridized carbons (Fsp3) is 0.429. The first-order valence-corrected chi connectivity index (χ1v) is 7.18. The van der Waals surface area contributed by atoms with Gasteiger partial charge in [0.2, 0.25) is 11.7 Å². The number of nitrogens with two attached hydrogens (primary N) is 1. The largest absolute Gasteiger partial charge is 0.337 e. The van der Waals surface area contributed by atoms with Crippen molar-refractivity contribution in [3.05, 3.63) is 34.1 Å². The summed E-state index contributed by atoms with van der Waals surface area (Å²) >= 11 is 3.50. The first-order valence-electron chi connectivity index (χ1n) is 6.38. The van der Waals surface area contributed by atoms with Gasteiger partial charge in [0, 0.05) is 10.0 Å². The maximum Gasteiger partial charge on any atom is 0.244 e. The summed E-state index contributed by atoms with van der Waals surface area (Å²) in [7, 11) is 0. The number of rotatable bonds is 4. The van der Waals surface area contributed by atoms with Crippen LogP contribution in [0.2, 0.25) is 0 Å². The van der Waals surface area contributed by atoms with Gasteiger partial charge in [0.25, 0.3) is 0 Å². The molecule has 4 nitrogen and oxygen atoms in total. The molecule has 19 heavy (non-hydrogen) atoms. The lowest BCUT2D eigenvalue weighted by atomic mass is 10.0. The smallest absolute Gasteiger partial charge is 0.244 e. The third-order valence-corrected chi connectivity index (χ3v) is 4.27. The molecule has 0 saturated heterocycles. The normalized spacial score (nSPS) is 14.4. The van der Waals surface area contributed by atoms with Gasteiger partial charge in [0.05, 0.1) is 6.04 Å². The zero-order valence-corrected chi connectivity index (χ0v) is 12.9. The minimum atomic E-state index is -0.208. The number of benzene rings is 1. The second kappa shape index (κ2) is 5.84. The first-order chi connectivity index (χ1) is 9.02. The summed E-state index contributed by atoms with van der Waals surface area (Å²) in [6.07, 6.45) is 0.981. The van der Waals surface area contributed by atoms with Crippen molar-refractivity contribution < 1.29 is 4.52 Å². The highest BCUT2D eigenvalue weighted by atomic mass is 79.9. The SMILES string of the molecule is CC[C@H](C)[C@H](N)c1nc(-c2ccc(C)c(Br)c2)no1. The lowest BCUT2D eigenvalue weighted by Gasteiger charge is -2.12. The van der Waals surface area contributed by atoms with Gasteiger partial charge in [-0.25, -0.2) is 0 Å². The maximum atomic E-state index is 6.09. The Kier molecular flexibility index (Phi) is 4.37. The Balaban J connectivity index is 2.27. The summed E-state index contributed by atoms with van der Waals surface area (Å²) < 4.78 is 6.30. The van der Waals surface area contributed by atoms with Crippen molar-refractivity contribution in [2.45, 2.75) is 33.2 Å². The van der Waals surface area contributed by atoms with Crippen molar-refractivity contribution >= 4 is 15.9 Å². The molecule has 0 aliphatic rings. The summed E-state index contributed by atoms with van der Waals surface area (Å²) in [6.45, 7) is 6.21. The molecule has 0 spiro atoms. The molecule has 2 rings (SSSR count). The van der Waals surface area contributed by atoms with Crippen LogP contribution in [0.5, 0.6) is 0 Å². The zero-order chi connectivity index (χ0) is 14.0. The van der Waals surface area contributed by atoms with Crippen LogP contribution in [-0.4, -0.2) is 10.1 Å². The average Bonchev–Trinajstić information content (AvgIpc) is 2.89. The molecule has 0 saturated carbocycles. The van der Waals surface area contributed by atoms with Crippen LogP contribution in [-0.2, 0) is 0 Å². The minimum Gasteiger partial charge on any atom is -0.337 e. The monoisotopic (exact) mass is 323 g/mol. The molecule has 0 aliphatic heterocycles. The molecule has 2 N–H and O–H groups in total.